The Hall–Kier alpha value is -2.64. The minimum absolute atomic E-state index is 0.00933. The van der Waals surface area contributed by atoms with Gasteiger partial charge in [0.1, 0.15) is 5.56 Å². The first-order valence-electron chi connectivity index (χ1n) is 5.42. The van der Waals surface area contributed by atoms with E-state index in [0.717, 1.165) is 4.57 Å². The Balaban J connectivity index is 2.51. The molecular formula is C11H12N4O4. The van der Waals surface area contributed by atoms with Crippen molar-refractivity contribution in [2.75, 3.05) is 0 Å². The van der Waals surface area contributed by atoms with E-state index in [0.29, 0.717) is 5.69 Å². The molecule has 0 atom stereocenters. The highest BCUT2D eigenvalue weighted by Crippen LogP contribution is 2.08. The summed E-state index contributed by atoms with van der Waals surface area (Å²) in [5.41, 5.74) is -1.01. The molecule has 100 valence electrons. The van der Waals surface area contributed by atoms with E-state index in [-0.39, 0.29) is 12.1 Å². The van der Waals surface area contributed by atoms with Gasteiger partial charge in [-0.3, -0.25) is 14.3 Å². The van der Waals surface area contributed by atoms with Crippen molar-refractivity contribution in [1.29, 1.82) is 0 Å². The standard InChI is InChI=1S/C11H12N4O4/c1-13-3-4-15(10(17)9(13)16)6-8-7(11(18)19)5-12-14(8)2/h3-5H,6H2,1-2H3,(H,18,19). The molecule has 0 fully saturated rings. The molecule has 0 aromatic carbocycles. The van der Waals surface area contributed by atoms with Crippen LogP contribution >= 0.6 is 0 Å². The highest BCUT2D eigenvalue weighted by Gasteiger charge is 2.16. The lowest BCUT2D eigenvalue weighted by Gasteiger charge is -2.07. The van der Waals surface area contributed by atoms with Gasteiger partial charge in [-0.2, -0.15) is 5.10 Å². The van der Waals surface area contributed by atoms with Crippen molar-refractivity contribution in [2.24, 2.45) is 14.1 Å². The number of carboxylic acids is 1. The van der Waals surface area contributed by atoms with Crippen LogP contribution in [0.25, 0.3) is 0 Å². The molecule has 0 aliphatic heterocycles. The van der Waals surface area contributed by atoms with Crippen LogP contribution in [0, 0.1) is 0 Å². The fourth-order valence-electron chi connectivity index (χ4n) is 1.70. The van der Waals surface area contributed by atoms with Crippen LogP contribution in [0.2, 0.25) is 0 Å². The average molecular weight is 264 g/mol. The van der Waals surface area contributed by atoms with Crippen molar-refractivity contribution < 1.29 is 9.90 Å². The Morgan fingerprint density at radius 2 is 1.95 bits per heavy atom. The monoisotopic (exact) mass is 264 g/mol. The van der Waals surface area contributed by atoms with Crippen LogP contribution in [0.5, 0.6) is 0 Å². The van der Waals surface area contributed by atoms with E-state index in [1.165, 1.54) is 34.9 Å². The number of nitrogens with zero attached hydrogens (tertiary/aromatic N) is 4. The number of hydrogen-bond donors (Lipinski definition) is 1. The molecule has 2 rings (SSSR count). The number of hydrogen-bond acceptors (Lipinski definition) is 4. The number of aryl methyl sites for hydroxylation is 2. The molecule has 0 bridgehead atoms. The lowest BCUT2D eigenvalue weighted by molar-refractivity contribution is 0.0695. The average Bonchev–Trinajstić information content (AvgIpc) is 2.72. The molecule has 0 amide bonds. The highest BCUT2D eigenvalue weighted by atomic mass is 16.4. The Morgan fingerprint density at radius 3 is 2.58 bits per heavy atom. The summed E-state index contributed by atoms with van der Waals surface area (Å²) in [6.45, 7) is -0.0208. The predicted molar refractivity (Wildman–Crippen MR) is 65.2 cm³/mol. The minimum atomic E-state index is -1.13. The van der Waals surface area contributed by atoms with Crippen molar-refractivity contribution in [3.63, 3.8) is 0 Å². The van der Waals surface area contributed by atoms with Gasteiger partial charge < -0.3 is 14.2 Å². The molecule has 2 heterocycles. The Labute approximate surface area is 107 Å². The molecule has 0 spiro atoms. The molecule has 1 N–H and O–H groups in total. The van der Waals surface area contributed by atoms with Gasteiger partial charge in [0.2, 0.25) is 0 Å². The quantitative estimate of drug-likeness (QED) is 0.719. The van der Waals surface area contributed by atoms with Gasteiger partial charge >= 0.3 is 17.1 Å². The van der Waals surface area contributed by atoms with Crippen LogP contribution < -0.4 is 11.1 Å². The van der Waals surface area contributed by atoms with Gasteiger partial charge in [-0.25, -0.2) is 4.79 Å². The molecule has 0 aliphatic rings. The van der Waals surface area contributed by atoms with Crippen molar-refractivity contribution in [3.8, 4) is 0 Å². The summed E-state index contributed by atoms with van der Waals surface area (Å²) < 4.78 is 3.69. The van der Waals surface area contributed by atoms with Crippen LogP contribution in [-0.4, -0.2) is 30.0 Å². The fourth-order valence-corrected chi connectivity index (χ4v) is 1.70. The molecule has 2 aromatic heterocycles. The van der Waals surface area contributed by atoms with Gasteiger partial charge in [0, 0.05) is 26.5 Å². The first kappa shape index (κ1) is 12.8. The number of carbonyl (C=O) groups is 1. The summed E-state index contributed by atoms with van der Waals surface area (Å²) in [5.74, 6) is -1.13. The van der Waals surface area contributed by atoms with Crippen molar-refractivity contribution in [1.82, 2.24) is 18.9 Å². The van der Waals surface area contributed by atoms with E-state index in [4.69, 9.17) is 5.11 Å². The molecule has 0 saturated heterocycles. The topological polar surface area (TPSA) is 99.1 Å². The summed E-state index contributed by atoms with van der Waals surface area (Å²) >= 11 is 0. The minimum Gasteiger partial charge on any atom is -0.478 e. The summed E-state index contributed by atoms with van der Waals surface area (Å²) in [6, 6.07) is 0. The summed E-state index contributed by atoms with van der Waals surface area (Å²) in [5, 5.41) is 12.9. The second kappa shape index (κ2) is 4.56. The van der Waals surface area contributed by atoms with Gasteiger partial charge in [-0.05, 0) is 0 Å². The van der Waals surface area contributed by atoms with E-state index in [1.807, 2.05) is 0 Å². The van der Waals surface area contributed by atoms with E-state index in [1.54, 1.807) is 7.05 Å². The second-order valence-electron chi connectivity index (χ2n) is 4.08. The third kappa shape index (κ3) is 2.19. The first-order chi connectivity index (χ1) is 8.91. The summed E-state index contributed by atoms with van der Waals surface area (Å²) in [6.07, 6.45) is 4.09. The first-order valence-corrected chi connectivity index (χ1v) is 5.42. The van der Waals surface area contributed by atoms with E-state index >= 15 is 0 Å². The van der Waals surface area contributed by atoms with Crippen LogP contribution in [0.1, 0.15) is 16.1 Å². The lowest BCUT2D eigenvalue weighted by atomic mass is 10.2. The molecule has 0 radical (unpaired) electrons. The molecule has 0 unspecified atom stereocenters. The van der Waals surface area contributed by atoms with E-state index in [9.17, 15) is 14.4 Å². The highest BCUT2D eigenvalue weighted by molar-refractivity contribution is 5.88. The van der Waals surface area contributed by atoms with Gasteiger partial charge in [-0.1, -0.05) is 0 Å². The summed E-state index contributed by atoms with van der Waals surface area (Å²) in [4.78, 5) is 34.3. The fraction of sp³-hybridized carbons (Fsp3) is 0.273. The number of aromatic nitrogens is 4. The third-order valence-electron chi connectivity index (χ3n) is 2.85. The number of rotatable bonds is 3. The lowest BCUT2D eigenvalue weighted by Crippen LogP contribution is -2.40. The molecule has 0 aliphatic carbocycles. The molecule has 8 heteroatoms. The SMILES string of the molecule is Cn1ncc(C(=O)O)c1Cn1ccn(C)c(=O)c1=O. The van der Waals surface area contributed by atoms with Crippen LogP contribution in [0.15, 0.2) is 28.2 Å². The maximum atomic E-state index is 11.8. The largest absolute Gasteiger partial charge is 0.478 e. The van der Waals surface area contributed by atoms with Crippen LogP contribution in [-0.2, 0) is 20.6 Å². The van der Waals surface area contributed by atoms with E-state index in [2.05, 4.69) is 5.10 Å². The van der Waals surface area contributed by atoms with Gasteiger partial charge in [0.05, 0.1) is 18.4 Å². The number of aromatic carboxylic acids is 1. The van der Waals surface area contributed by atoms with Crippen LogP contribution in [0.4, 0.5) is 0 Å². The van der Waals surface area contributed by atoms with Crippen molar-refractivity contribution >= 4 is 5.97 Å². The molecular weight excluding hydrogens is 252 g/mol. The number of carboxylic acid groups (broad SMARTS) is 1. The second-order valence-corrected chi connectivity index (χ2v) is 4.08. The smallest absolute Gasteiger partial charge is 0.339 e. The zero-order valence-corrected chi connectivity index (χ0v) is 10.4. The van der Waals surface area contributed by atoms with Gasteiger partial charge in [-0.15, -0.1) is 0 Å². The van der Waals surface area contributed by atoms with E-state index < -0.39 is 17.1 Å². The Morgan fingerprint density at radius 1 is 1.26 bits per heavy atom. The molecule has 8 nitrogen and oxygen atoms in total. The van der Waals surface area contributed by atoms with Gasteiger partial charge in [0.25, 0.3) is 0 Å². The summed E-state index contributed by atoms with van der Waals surface area (Å²) in [7, 11) is 3.05. The van der Waals surface area contributed by atoms with Crippen molar-refractivity contribution in [3.05, 3.63) is 50.6 Å². The Kier molecular flexibility index (Phi) is 3.07. The van der Waals surface area contributed by atoms with Crippen molar-refractivity contribution in [2.45, 2.75) is 6.54 Å². The maximum absolute atomic E-state index is 11.8. The Bertz CT molecular complexity index is 753. The third-order valence-corrected chi connectivity index (χ3v) is 2.85. The maximum Gasteiger partial charge on any atom is 0.339 e. The van der Waals surface area contributed by atoms with Gasteiger partial charge in [0.15, 0.2) is 0 Å². The molecule has 0 saturated carbocycles. The predicted octanol–water partition coefficient (Wildman–Crippen LogP) is -0.973. The zero-order chi connectivity index (χ0) is 14.2. The molecule has 2 aromatic rings. The molecule has 19 heavy (non-hydrogen) atoms. The normalized spacial score (nSPS) is 10.6. The van der Waals surface area contributed by atoms with Crippen LogP contribution in [0.3, 0.4) is 0 Å². The zero-order valence-electron chi connectivity index (χ0n) is 10.4.